The third kappa shape index (κ3) is 2.96. The van der Waals surface area contributed by atoms with Crippen LogP contribution in [0, 0.1) is 11.3 Å². The maximum Gasteiger partial charge on any atom is 0.0947 e. The zero-order chi connectivity index (χ0) is 10.6. The average Bonchev–Trinajstić information content (AvgIpc) is 2.18. The molecule has 1 aliphatic rings. The van der Waals surface area contributed by atoms with E-state index in [1.54, 1.807) is 0 Å². The van der Waals surface area contributed by atoms with E-state index in [1.807, 2.05) is 6.92 Å². The fraction of sp³-hybridized carbons (Fsp3) is 0.900. The molecule has 14 heavy (non-hydrogen) atoms. The van der Waals surface area contributed by atoms with Crippen LogP contribution in [0.5, 0.6) is 0 Å². The second-order valence-corrected chi connectivity index (χ2v) is 4.18. The van der Waals surface area contributed by atoms with Gasteiger partial charge in [0.15, 0.2) is 0 Å². The standard InChI is InChI=1S/C10H21N3O/c1-8(10(11)12)6-13-5-3-2-4-9(13)7-14/h8-9,14H,2-7H2,1H3,(H3,11,12). The summed E-state index contributed by atoms with van der Waals surface area (Å²) in [5.41, 5.74) is 5.43. The van der Waals surface area contributed by atoms with Crippen LogP contribution in [0.25, 0.3) is 0 Å². The van der Waals surface area contributed by atoms with Gasteiger partial charge in [-0.1, -0.05) is 13.3 Å². The van der Waals surface area contributed by atoms with E-state index in [1.165, 1.54) is 12.8 Å². The minimum atomic E-state index is 0.0992. The first-order valence-corrected chi connectivity index (χ1v) is 5.34. The molecule has 0 radical (unpaired) electrons. The summed E-state index contributed by atoms with van der Waals surface area (Å²) in [5, 5.41) is 16.5. The molecule has 1 rings (SSSR count). The molecular formula is C10H21N3O. The van der Waals surface area contributed by atoms with E-state index in [2.05, 4.69) is 4.90 Å². The summed E-state index contributed by atoms with van der Waals surface area (Å²) in [6.07, 6.45) is 3.47. The van der Waals surface area contributed by atoms with Crippen LogP contribution in [0.2, 0.25) is 0 Å². The number of piperidine rings is 1. The molecule has 2 atom stereocenters. The number of likely N-dealkylation sites (tertiary alicyclic amines) is 1. The lowest BCUT2D eigenvalue weighted by molar-refractivity contribution is 0.0848. The molecule has 1 aliphatic heterocycles. The Morgan fingerprint density at radius 2 is 2.36 bits per heavy atom. The van der Waals surface area contributed by atoms with Gasteiger partial charge >= 0.3 is 0 Å². The first-order chi connectivity index (χ1) is 6.65. The van der Waals surface area contributed by atoms with Gasteiger partial charge < -0.3 is 10.8 Å². The van der Waals surface area contributed by atoms with Crippen LogP contribution in [0.1, 0.15) is 26.2 Å². The number of hydrogen-bond acceptors (Lipinski definition) is 3. The Morgan fingerprint density at radius 1 is 1.64 bits per heavy atom. The van der Waals surface area contributed by atoms with E-state index >= 15 is 0 Å². The highest BCUT2D eigenvalue weighted by Gasteiger charge is 2.23. The first kappa shape index (κ1) is 11.5. The lowest BCUT2D eigenvalue weighted by Crippen LogP contribution is -2.45. The van der Waals surface area contributed by atoms with E-state index in [9.17, 15) is 5.11 Å². The van der Waals surface area contributed by atoms with Crippen molar-refractivity contribution in [2.24, 2.45) is 11.7 Å². The van der Waals surface area contributed by atoms with Crippen LogP contribution in [0.3, 0.4) is 0 Å². The zero-order valence-electron chi connectivity index (χ0n) is 8.87. The lowest BCUT2D eigenvalue weighted by Gasteiger charge is -2.35. The summed E-state index contributed by atoms with van der Waals surface area (Å²) in [6, 6.07) is 0.283. The zero-order valence-corrected chi connectivity index (χ0v) is 8.87. The molecule has 2 unspecified atom stereocenters. The molecule has 82 valence electrons. The maximum absolute atomic E-state index is 9.19. The van der Waals surface area contributed by atoms with Crippen LogP contribution >= 0.6 is 0 Å². The minimum absolute atomic E-state index is 0.0992. The van der Waals surface area contributed by atoms with Gasteiger partial charge in [-0.2, -0.15) is 0 Å². The quantitative estimate of drug-likeness (QED) is 0.453. The Kier molecular flexibility index (Phi) is 4.35. The van der Waals surface area contributed by atoms with Gasteiger partial charge in [-0.05, 0) is 19.4 Å². The van der Waals surface area contributed by atoms with Crippen molar-refractivity contribution in [3.63, 3.8) is 0 Å². The molecule has 1 saturated heterocycles. The number of nitrogens with two attached hydrogens (primary N) is 1. The molecule has 4 heteroatoms. The highest BCUT2D eigenvalue weighted by Crippen LogP contribution is 2.17. The van der Waals surface area contributed by atoms with Crippen molar-refractivity contribution in [2.45, 2.75) is 32.2 Å². The number of amidine groups is 1. The van der Waals surface area contributed by atoms with Crippen molar-refractivity contribution in [3.05, 3.63) is 0 Å². The molecule has 0 aromatic carbocycles. The summed E-state index contributed by atoms with van der Waals surface area (Å²) in [5.74, 6) is 0.342. The summed E-state index contributed by atoms with van der Waals surface area (Å²) in [6.45, 7) is 4.03. The van der Waals surface area contributed by atoms with Gasteiger partial charge in [-0.25, -0.2) is 0 Å². The number of aliphatic hydroxyl groups excluding tert-OH is 1. The van der Waals surface area contributed by atoms with E-state index in [0.717, 1.165) is 19.5 Å². The number of nitrogens with zero attached hydrogens (tertiary/aromatic N) is 1. The molecule has 4 nitrogen and oxygen atoms in total. The summed E-state index contributed by atoms with van der Waals surface area (Å²) in [4.78, 5) is 2.26. The monoisotopic (exact) mass is 199 g/mol. The van der Waals surface area contributed by atoms with E-state index in [0.29, 0.717) is 0 Å². The highest BCUT2D eigenvalue weighted by molar-refractivity contribution is 5.79. The van der Waals surface area contributed by atoms with Crippen LogP contribution in [0.4, 0.5) is 0 Å². The van der Waals surface area contributed by atoms with Gasteiger partial charge in [0.05, 0.1) is 12.4 Å². The van der Waals surface area contributed by atoms with Crippen molar-refractivity contribution in [3.8, 4) is 0 Å². The third-order valence-electron chi connectivity index (χ3n) is 3.00. The van der Waals surface area contributed by atoms with Gasteiger partial charge in [0.2, 0.25) is 0 Å². The van der Waals surface area contributed by atoms with E-state index in [-0.39, 0.29) is 24.4 Å². The van der Waals surface area contributed by atoms with Gasteiger partial charge in [0.1, 0.15) is 0 Å². The second kappa shape index (κ2) is 5.32. The van der Waals surface area contributed by atoms with Crippen molar-refractivity contribution < 1.29 is 5.11 Å². The van der Waals surface area contributed by atoms with Crippen molar-refractivity contribution in [1.29, 1.82) is 5.41 Å². The minimum Gasteiger partial charge on any atom is -0.395 e. The Labute approximate surface area is 85.6 Å². The maximum atomic E-state index is 9.19. The lowest BCUT2D eigenvalue weighted by atomic mass is 10.0. The van der Waals surface area contributed by atoms with Crippen molar-refractivity contribution >= 4 is 5.84 Å². The Morgan fingerprint density at radius 3 is 2.93 bits per heavy atom. The fourth-order valence-electron chi connectivity index (χ4n) is 1.96. The van der Waals surface area contributed by atoms with E-state index in [4.69, 9.17) is 11.1 Å². The largest absolute Gasteiger partial charge is 0.395 e. The van der Waals surface area contributed by atoms with Gasteiger partial charge in [0, 0.05) is 18.5 Å². The molecule has 0 saturated carbocycles. The molecule has 0 amide bonds. The Bertz CT molecular complexity index is 196. The molecule has 0 aromatic heterocycles. The van der Waals surface area contributed by atoms with E-state index < -0.39 is 0 Å². The summed E-state index contributed by atoms with van der Waals surface area (Å²) < 4.78 is 0. The van der Waals surface area contributed by atoms with Crippen molar-refractivity contribution in [1.82, 2.24) is 4.90 Å². The van der Waals surface area contributed by atoms with Gasteiger partial charge in [-0.15, -0.1) is 0 Å². The topological polar surface area (TPSA) is 73.3 Å². The molecule has 1 heterocycles. The molecule has 0 aromatic rings. The average molecular weight is 199 g/mol. The predicted octanol–water partition coefficient (Wildman–Crippen LogP) is 0.405. The van der Waals surface area contributed by atoms with Crippen LogP contribution < -0.4 is 5.73 Å². The summed E-state index contributed by atoms with van der Waals surface area (Å²) in [7, 11) is 0. The number of aliphatic hydroxyl groups is 1. The SMILES string of the molecule is CC(CN1CCCCC1CO)C(=N)N. The van der Waals surface area contributed by atoms with Gasteiger partial charge in [0.25, 0.3) is 0 Å². The summed E-state index contributed by atoms with van der Waals surface area (Å²) >= 11 is 0. The molecule has 4 N–H and O–H groups in total. The molecular weight excluding hydrogens is 178 g/mol. The Balaban J connectivity index is 2.44. The van der Waals surface area contributed by atoms with Crippen LogP contribution in [-0.2, 0) is 0 Å². The highest BCUT2D eigenvalue weighted by atomic mass is 16.3. The smallest absolute Gasteiger partial charge is 0.0947 e. The molecule has 1 fully saturated rings. The fourth-order valence-corrected chi connectivity index (χ4v) is 1.96. The number of rotatable bonds is 4. The number of hydrogen-bond donors (Lipinski definition) is 3. The molecule has 0 spiro atoms. The van der Waals surface area contributed by atoms with Gasteiger partial charge in [-0.3, -0.25) is 10.3 Å². The second-order valence-electron chi connectivity index (χ2n) is 4.18. The van der Waals surface area contributed by atoms with Crippen LogP contribution in [-0.4, -0.2) is 41.6 Å². The third-order valence-corrected chi connectivity index (χ3v) is 3.00. The normalized spacial score (nSPS) is 26.0. The predicted molar refractivity (Wildman–Crippen MR) is 57.4 cm³/mol. The molecule has 0 bridgehead atoms. The number of nitrogens with one attached hydrogen (secondary N) is 1. The van der Waals surface area contributed by atoms with Crippen LogP contribution in [0.15, 0.2) is 0 Å². The van der Waals surface area contributed by atoms with Crippen molar-refractivity contribution in [2.75, 3.05) is 19.7 Å². The molecule has 0 aliphatic carbocycles. The first-order valence-electron chi connectivity index (χ1n) is 5.34. The Hall–Kier alpha value is -0.610.